The van der Waals surface area contributed by atoms with Crippen LogP contribution in [-0.2, 0) is 22.3 Å². The number of likely N-dealkylation sites (tertiary alicyclic amines) is 1. The average molecular weight is 549 g/mol. The maximum atomic E-state index is 13.5. The van der Waals surface area contributed by atoms with E-state index in [1.165, 1.54) is 28.6 Å². The first-order valence-corrected chi connectivity index (χ1v) is 12.6. The van der Waals surface area contributed by atoms with E-state index in [1.54, 1.807) is 30.5 Å². The van der Waals surface area contributed by atoms with Crippen molar-refractivity contribution >= 4 is 57.4 Å². The molecule has 0 saturated carbocycles. The second-order valence-electron chi connectivity index (χ2n) is 8.85. The minimum Gasteiger partial charge on any atom is -0.481 e. The lowest BCUT2D eigenvalue weighted by atomic mass is 9.99. The van der Waals surface area contributed by atoms with Crippen molar-refractivity contribution < 1.29 is 27.9 Å². The zero-order valence-electron chi connectivity index (χ0n) is 19.2. The summed E-state index contributed by atoms with van der Waals surface area (Å²) >= 11 is 6.99. The summed E-state index contributed by atoms with van der Waals surface area (Å²) in [6.45, 7) is 0.871. The van der Waals surface area contributed by atoms with Gasteiger partial charge < -0.3 is 10.0 Å². The van der Waals surface area contributed by atoms with Crippen molar-refractivity contribution in [1.29, 1.82) is 0 Å². The summed E-state index contributed by atoms with van der Waals surface area (Å²) in [6.07, 6.45) is 0.0258. The van der Waals surface area contributed by atoms with Crippen LogP contribution < -0.4 is 0 Å². The van der Waals surface area contributed by atoms with E-state index in [0.29, 0.717) is 52.5 Å². The number of nitrogens with zero attached hydrogens (tertiary/aromatic N) is 4. The van der Waals surface area contributed by atoms with E-state index in [0.717, 1.165) is 6.07 Å². The number of aromatic nitrogens is 2. The third-order valence-corrected chi connectivity index (χ3v) is 7.59. The molecule has 3 heterocycles. The van der Waals surface area contributed by atoms with E-state index in [1.807, 2.05) is 4.90 Å². The molecule has 3 aromatic rings. The number of piperidine rings is 1. The molecule has 1 aromatic heterocycles. The number of fused-ring (bicyclic) bond motifs is 1. The third kappa shape index (κ3) is 5.37. The minimum atomic E-state index is -4.54. The van der Waals surface area contributed by atoms with Crippen molar-refractivity contribution in [1.82, 2.24) is 14.7 Å². The highest BCUT2D eigenvalue weighted by Crippen LogP contribution is 2.35. The molecule has 0 unspecified atom stereocenters. The van der Waals surface area contributed by atoms with Crippen LogP contribution in [0.25, 0.3) is 17.0 Å². The Bertz CT molecular complexity index is 1470. The van der Waals surface area contributed by atoms with Gasteiger partial charge in [0.1, 0.15) is 0 Å². The van der Waals surface area contributed by atoms with Crippen LogP contribution in [0.5, 0.6) is 0 Å². The molecule has 37 heavy (non-hydrogen) atoms. The first-order chi connectivity index (χ1) is 17.6. The lowest BCUT2D eigenvalue weighted by Crippen LogP contribution is -2.40. The number of aliphatic imine (C=N–C) groups is 1. The number of carboxylic acids is 1. The lowest BCUT2D eigenvalue weighted by Gasteiger charge is -2.31. The van der Waals surface area contributed by atoms with Gasteiger partial charge in [-0.3, -0.25) is 14.3 Å². The number of thioether (sulfide) groups is 1. The molecular formula is C25H20ClF3N4O3S. The van der Waals surface area contributed by atoms with Crippen molar-refractivity contribution in [2.45, 2.75) is 25.6 Å². The number of carbonyl (C=O) groups is 2. The molecule has 192 valence electrons. The van der Waals surface area contributed by atoms with Crippen LogP contribution in [0.2, 0.25) is 5.02 Å². The molecule has 0 bridgehead atoms. The van der Waals surface area contributed by atoms with Crippen LogP contribution in [0.15, 0.2) is 52.5 Å². The Morgan fingerprint density at radius 2 is 2.05 bits per heavy atom. The van der Waals surface area contributed by atoms with Gasteiger partial charge >= 0.3 is 12.1 Å². The summed E-state index contributed by atoms with van der Waals surface area (Å²) in [5, 5.41) is 14.8. The molecule has 2 aliphatic rings. The fraction of sp³-hybridized carbons (Fsp3) is 0.280. The summed E-state index contributed by atoms with van der Waals surface area (Å²) in [5.41, 5.74) is 0.596. The number of alkyl halides is 3. The normalized spacial score (nSPS) is 19.6. The summed E-state index contributed by atoms with van der Waals surface area (Å²) in [5.74, 6) is -1.73. The Balaban J connectivity index is 1.35. The molecule has 0 aliphatic carbocycles. The third-order valence-electron chi connectivity index (χ3n) is 6.31. The van der Waals surface area contributed by atoms with Crippen molar-refractivity contribution in [2.24, 2.45) is 10.9 Å². The fourth-order valence-electron chi connectivity index (χ4n) is 4.47. The number of benzene rings is 2. The fourth-order valence-corrected chi connectivity index (χ4v) is 5.59. The lowest BCUT2D eigenvalue weighted by molar-refractivity contribution is -0.143. The minimum absolute atomic E-state index is 0.00698. The molecule has 1 atom stereocenters. The number of halogens is 4. The molecular weight excluding hydrogens is 529 g/mol. The zero-order valence-corrected chi connectivity index (χ0v) is 20.8. The molecule has 7 nitrogen and oxygen atoms in total. The first-order valence-electron chi connectivity index (χ1n) is 11.4. The van der Waals surface area contributed by atoms with Crippen LogP contribution in [-0.4, -0.2) is 49.9 Å². The van der Waals surface area contributed by atoms with Gasteiger partial charge in [-0.1, -0.05) is 23.7 Å². The standard InChI is InChI=1S/C25H20ClF3N4O3S/c26-18-5-4-15(19(10-18)25(27,28)29)13-33-20-6-3-14(8-17(20)11-30-33)9-21-22(34)31-24(37-21)32-7-1-2-16(12-32)23(35)36/h3-6,8-11,16H,1-2,7,12-13H2,(H,35,36)/t16-/m0/s1. The molecule has 2 aromatic carbocycles. The number of amides is 1. The van der Waals surface area contributed by atoms with Gasteiger partial charge in [0.25, 0.3) is 5.91 Å². The number of hydrogen-bond donors (Lipinski definition) is 1. The maximum absolute atomic E-state index is 13.5. The first kappa shape index (κ1) is 25.3. The number of carbonyl (C=O) groups excluding carboxylic acids is 1. The van der Waals surface area contributed by atoms with Crippen molar-refractivity contribution in [3.63, 3.8) is 0 Å². The molecule has 0 radical (unpaired) electrons. The molecule has 0 spiro atoms. The van der Waals surface area contributed by atoms with Crippen LogP contribution in [0.4, 0.5) is 13.2 Å². The topological polar surface area (TPSA) is 87.8 Å². The zero-order chi connectivity index (χ0) is 26.3. The molecule has 2 aliphatic heterocycles. The van der Waals surface area contributed by atoms with Gasteiger partial charge in [0.05, 0.1) is 34.6 Å². The van der Waals surface area contributed by atoms with Crippen molar-refractivity contribution in [3.8, 4) is 0 Å². The molecule has 1 N–H and O–H groups in total. The maximum Gasteiger partial charge on any atom is 0.416 e. The summed E-state index contributed by atoms with van der Waals surface area (Å²) in [4.78, 5) is 30.2. The summed E-state index contributed by atoms with van der Waals surface area (Å²) < 4.78 is 41.9. The van der Waals surface area contributed by atoms with Crippen LogP contribution in [0, 0.1) is 5.92 Å². The molecule has 1 saturated heterocycles. The van der Waals surface area contributed by atoms with Gasteiger partial charge in [-0.25, -0.2) is 0 Å². The predicted molar refractivity (Wildman–Crippen MR) is 135 cm³/mol. The molecule has 1 fully saturated rings. The van der Waals surface area contributed by atoms with E-state index in [9.17, 15) is 27.9 Å². The van der Waals surface area contributed by atoms with E-state index in [2.05, 4.69) is 10.1 Å². The van der Waals surface area contributed by atoms with Gasteiger partial charge in [-0.05, 0) is 66.1 Å². The molecule has 1 amide bonds. The highest BCUT2D eigenvalue weighted by atomic mass is 35.5. The van der Waals surface area contributed by atoms with Crippen LogP contribution in [0.1, 0.15) is 29.5 Å². The van der Waals surface area contributed by atoms with Crippen LogP contribution >= 0.6 is 23.4 Å². The Hall–Kier alpha value is -3.31. The SMILES string of the molecule is O=C1N=C(N2CCC[C@H](C(=O)O)C2)SC1=Cc1ccc2c(cnn2Cc2ccc(Cl)cc2C(F)(F)F)c1. The molecule has 12 heteroatoms. The highest BCUT2D eigenvalue weighted by molar-refractivity contribution is 8.18. The van der Waals surface area contributed by atoms with Gasteiger partial charge in [-0.2, -0.15) is 23.3 Å². The predicted octanol–water partition coefficient (Wildman–Crippen LogP) is 5.52. The monoisotopic (exact) mass is 548 g/mol. The Morgan fingerprint density at radius 1 is 1.24 bits per heavy atom. The number of hydrogen-bond acceptors (Lipinski definition) is 5. The largest absolute Gasteiger partial charge is 0.481 e. The number of amidine groups is 1. The van der Waals surface area contributed by atoms with Crippen LogP contribution in [0.3, 0.4) is 0 Å². The number of carboxylic acid groups (broad SMARTS) is 1. The smallest absolute Gasteiger partial charge is 0.416 e. The van der Waals surface area contributed by atoms with Gasteiger partial charge in [0, 0.05) is 23.5 Å². The van der Waals surface area contributed by atoms with Gasteiger partial charge in [-0.15, -0.1) is 0 Å². The van der Waals surface area contributed by atoms with Gasteiger partial charge in [0.15, 0.2) is 5.17 Å². The molecule has 5 rings (SSSR count). The van der Waals surface area contributed by atoms with E-state index >= 15 is 0 Å². The Morgan fingerprint density at radius 3 is 2.81 bits per heavy atom. The Labute approximate surface area is 218 Å². The Kier molecular flexibility index (Phi) is 6.76. The average Bonchev–Trinajstić information content (AvgIpc) is 3.42. The second-order valence-corrected chi connectivity index (χ2v) is 10.3. The van der Waals surface area contributed by atoms with E-state index in [-0.39, 0.29) is 17.1 Å². The van der Waals surface area contributed by atoms with Crippen molar-refractivity contribution in [3.05, 3.63) is 69.2 Å². The highest BCUT2D eigenvalue weighted by Gasteiger charge is 2.34. The second kappa shape index (κ2) is 9.86. The number of aliphatic carboxylic acids is 1. The van der Waals surface area contributed by atoms with Crippen molar-refractivity contribution in [2.75, 3.05) is 13.1 Å². The summed E-state index contributed by atoms with van der Waals surface area (Å²) in [7, 11) is 0. The van der Waals surface area contributed by atoms with Gasteiger partial charge in [0.2, 0.25) is 0 Å². The van der Waals surface area contributed by atoms with E-state index < -0.39 is 29.5 Å². The van der Waals surface area contributed by atoms with E-state index in [4.69, 9.17) is 11.6 Å². The summed E-state index contributed by atoms with van der Waals surface area (Å²) in [6, 6.07) is 8.97. The number of rotatable bonds is 4. The quantitative estimate of drug-likeness (QED) is 0.432.